The van der Waals surface area contributed by atoms with Crippen molar-refractivity contribution in [3.8, 4) is 0 Å². The number of rotatable bonds is 4. The molecule has 8 heteroatoms. The van der Waals surface area contributed by atoms with Crippen LogP contribution in [-0.4, -0.2) is 27.9 Å². The molecule has 0 saturated carbocycles. The number of nitrogens with zero attached hydrogens (tertiary/aromatic N) is 1. The standard InChI is InChI=1S/C10H13BF3NO2S/c1-6(2)5-18-9-8(11(16)17)3-7(4-15-9)10(12,13)14/h3-4,6,16-17H,5H2,1-2H3. The van der Waals surface area contributed by atoms with E-state index in [0.717, 1.165) is 6.07 Å². The second-order valence-corrected chi connectivity index (χ2v) is 5.20. The van der Waals surface area contributed by atoms with Crippen molar-refractivity contribution in [2.24, 2.45) is 5.92 Å². The molecular weight excluding hydrogens is 266 g/mol. The van der Waals surface area contributed by atoms with Crippen molar-refractivity contribution in [2.75, 3.05) is 5.75 Å². The van der Waals surface area contributed by atoms with Gasteiger partial charge in [0.15, 0.2) is 0 Å². The van der Waals surface area contributed by atoms with Gasteiger partial charge in [-0.05, 0) is 12.0 Å². The lowest BCUT2D eigenvalue weighted by atomic mass is 9.81. The van der Waals surface area contributed by atoms with Crippen LogP contribution in [0, 0.1) is 5.92 Å². The Hall–Kier alpha value is -0.725. The van der Waals surface area contributed by atoms with Gasteiger partial charge in [-0.15, -0.1) is 11.8 Å². The molecule has 1 rings (SSSR count). The molecular formula is C10H13BF3NO2S. The highest BCUT2D eigenvalue weighted by atomic mass is 32.2. The monoisotopic (exact) mass is 279 g/mol. The van der Waals surface area contributed by atoms with Gasteiger partial charge in [0.25, 0.3) is 0 Å². The number of pyridine rings is 1. The minimum Gasteiger partial charge on any atom is -0.423 e. The van der Waals surface area contributed by atoms with E-state index in [-0.39, 0.29) is 10.5 Å². The second-order valence-electron chi connectivity index (χ2n) is 4.19. The third kappa shape index (κ3) is 4.18. The van der Waals surface area contributed by atoms with Gasteiger partial charge in [-0.3, -0.25) is 0 Å². The van der Waals surface area contributed by atoms with Crippen LogP contribution in [0.25, 0.3) is 0 Å². The fourth-order valence-corrected chi connectivity index (χ4v) is 2.12. The van der Waals surface area contributed by atoms with Gasteiger partial charge < -0.3 is 10.0 Å². The summed E-state index contributed by atoms with van der Waals surface area (Å²) in [5, 5.41) is 18.4. The first kappa shape index (κ1) is 15.3. The largest absolute Gasteiger partial charge is 0.491 e. The van der Waals surface area contributed by atoms with Crippen LogP contribution in [0.1, 0.15) is 19.4 Å². The average molecular weight is 279 g/mol. The lowest BCUT2D eigenvalue weighted by Crippen LogP contribution is -2.33. The fourth-order valence-electron chi connectivity index (χ4n) is 1.18. The highest BCUT2D eigenvalue weighted by Gasteiger charge is 2.33. The molecule has 0 aliphatic carbocycles. The lowest BCUT2D eigenvalue weighted by molar-refractivity contribution is -0.137. The molecule has 1 aromatic rings. The molecule has 0 radical (unpaired) electrons. The normalized spacial score (nSPS) is 12.0. The maximum absolute atomic E-state index is 12.5. The summed E-state index contributed by atoms with van der Waals surface area (Å²) in [6.45, 7) is 3.90. The SMILES string of the molecule is CC(C)CSc1ncc(C(F)(F)F)cc1B(O)O. The van der Waals surface area contributed by atoms with E-state index < -0.39 is 18.9 Å². The summed E-state index contributed by atoms with van der Waals surface area (Å²) < 4.78 is 37.4. The molecule has 0 amide bonds. The minimum absolute atomic E-state index is 0.213. The predicted molar refractivity (Wildman–Crippen MR) is 64.6 cm³/mol. The topological polar surface area (TPSA) is 53.4 Å². The molecule has 0 spiro atoms. The maximum Gasteiger partial charge on any atom is 0.491 e. The van der Waals surface area contributed by atoms with Crippen LogP contribution in [0.4, 0.5) is 13.2 Å². The van der Waals surface area contributed by atoms with Gasteiger partial charge in [0.1, 0.15) is 0 Å². The van der Waals surface area contributed by atoms with Crippen LogP contribution in [0.15, 0.2) is 17.3 Å². The van der Waals surface area contributed by atoms with E-state index in [9.17, 15) is 13.2 Å². The van der Waals surface area contributed by atoms with Crippen molar-refractivity contribution < 1.29 is 23.2 Å². The first-order chi connectivity index (χ1) is 8.21. The van der Waals surface area contributed by atoms with Crippen molar-refractivity contribution in [1.29, 1.82) is 0 Å². The zero-order valence-corrected chi connectivity index (χ0v) is 10.7. The van der Waals surface area contributed by atoms with Crippen LogP contribution in [-0.2, 0) is 6.18 Å². The summed E-state index contributed by atoms with van der Waals surface area (Å²) in [6, 6.07) is 0.723. The first-order valence-electron chi connectivity index (χ1n) is 5.28. The van der Waals surface area contributed by atoms with E-state index in [1.54, 1.807) is 0 Å². The molecule has 18 heavy (non-hydrogen) atoms. The highest BCUT2D eigenvalue weighted by Crippen LogP contribution is 2.29. The summed E-state index contributed by atoms with van der Waals surface area (Å²) in [5.74, 6) is 0.959. The van der Waals surface area contributed by atoms with Crippen LogP contribution in [0.2, 0.25) is 0 Å². The van der Waals surface area contributed by atoms with E-state index >= 15 is 0 Å². The van der Waals surface area contributed by atoms with Gasteiger partial charge in [0.05, 0.1) is 10.6 Å². The average Bonchev–Trinajstić information content (AvgIpc) is 2.24. The van der Waals surface area contributed by atoms with Crippen molar-refractivity contribution in [3.63, 3.8) is 0 Å². The zero-order chi connectivity index (χ0) is 13.9. The van der Waals surface area contributed by atoms with Crippen LogP contribution < -0.4 is 5.46 Å². The lowest BCUT2D eigenvalue weighted by Gasteiger charge is -2.12. The third-order valence-electron chi connectivity index (χ3n) is 2.04. The smallest absolute Gasteiger partial charge is 0.423 e. The van der Waals surface area contributed by atoms with E-state index in [0.29, 0.717) is 17.9 Å². The molecule has 100 valence electrons. The second kappa shape index (κ2) is 5.94. The Morgan fingerprint density at radius 2 is 2.00 bits per heavy atom. The van der Waals surface area contributed by atoms with Gasteiger partial charge in [0.2, 0.25) is 0 Å². The number of hydrogen-bond donors (Lipinski definition) is 2. The van der Waals surface area contributed by atoms with Gasteiger partial charge in [0, 0.05) is 17.4 Å². The number of alkyl halides is 3. The Morgan fingerprint density at radius 1 is 1.39 bits per heavy atom. The molecule has 0 saturated heterocycles. The molecule has 0 bridgehead atoms. The van der Waals surface area contributed by atoms with Gasteiger partial charge in [-0.1, -0.05) is 13.8 Å². The number of aromatic nitrogens is 1. The van der Waals surface area contributed by atoms with Crippen molar-refractivity contribution in [3.05, 3.63) is 17.8 Å². The van der Waals surface area contributed by atoms with Gasteiger partial charge in [-0.2, -0.15) is 13.2 Å². The highest BCUT2D eigenvalue weighted by molar-refractivity contribution is 7.99. The molecule has 3 nitrogen and oxygen atoms in total. The molecule has 2 N–H and O–H groups in total. The Kier molecular flexibility index (Phi) is 5.06. The molecule has 0 aliphatic heterocycles. The number of hydrogen-bond acceptors (Lipinski definition) is 4. The molecule has 0 atom stereocenters. The van der Waals surface area contributed by atoms with E-state index in [1.165, 1.54) is 11.8 Å². The first-order valence-corrected chi connectivity index (χ1v) is 6.26. The summed E-state index contributed by atoms with van der Waals surface area (Å²) in [4.78, 5) is 3.66. The van der Waals surface area contributed by atoms with E-state index in [2.05, 4.69) is 4.98 Å². The van der Waals surface area contributed by atoms with Gasteiger partial charge >= 0.3 is 13.3 Å². The van der Waals surface area contributed by atoms with Gasteiger partial charge in [-0.25, -0.2) is 4.98 Å². The Labute approximate surface area is 108 Å². The van der Waals surface area contributed by atoms with E-state index in [4.69, 9.17) is 10.0 Å². The summed E-state index contributed by atoms with van der Waals surface area (Å²) in [6.07, 6.45) is -3.84. The van der Waals surface area contributed by atoms with Crippen LogP contribution in [0.3, 0.4) is 0 Å². The van der Waals surface area contributed by atoms with Crippen molar-refractivity contribution in [1.82, 2.24) is 4.98 Å². The molecule has 0 aliphatic rings. The molecule has 0 fully saturated rings. The molecule has 0 aromatic carbocycles. The van der Waals surface area contributed by atoms with Crippen molar-refractivity contribution >= 4 is 24.3 Å². The summed E-state index contributed by atoms with van der Waals surface area (Å²) in [5.41, 5.74) is -1.20. The Bertz CT molecular complexity index is 413. The minimum atomic E-state index is -4.54. The third-order valence-corrected chi connectivity index (χ3v) is 3.49. The number of halogens is 3. The zero-order valence-electron chi connectivity index (χ0n) is 9.90. The summed E-state index contributed by atoms with van der Waals surface area (Å²) >= 11 is 1.20. The van der Waals surface area contributed by atoms with E-state index in [1.807, 2.05) is 13.8 Å². The molecule has 1 heterocycles. The molecule has 0 unspecified atom stereocenters. The maximum atomic E-state index is 12.5. The van der Waals surface area contributed by atoms with Crippen LogP contribution >= 0.6 is 11.8 Å². The van der Waals surface area contributed by atoms with Crippen LogP contribution in [0.5, 0.6) is 0 Å². The summed E-state index contributed by atoms with van der Waals surface area (Å²) in [7, 11) is -1.96. The number of thioether (sulfide) groups is 1. The Morgan fingerprint density at radius 3 is 2.44 bits per heavy atom. The van der Waals surface area contributed by atoms with Crippen molar-refractivity contribution in [2.45, 2.75) is 25.0 Å². The predicted octanol–water partition coefficient (Wildman–Crippen LogP) is 1.53. The fraction of sp³-hybridized carbons (Fsp3) is 0.500. The molecule has 1 aromatic heterocycles. The quantitative estimate of drug-likeness (QED) is 0.648. The Balaban J connectivity index is 3.05.